The van der Waals surface area contributed by atoms with Crippen LogP contribution in [0.1, 0.15) is 37.0 Å². The Bertz CT molecular complexity index is 579. The lowest BCUT2D eigenvalue weighted by molar-refractivity contribution is 0.400. The van der Waals surface area contributed by atoms with Gasteiger partial charge < -0.3 is 9.73 Å². The molecule has 1 N–H and O–H groups in total. The number of nitrogens with zero attached hydrogens (tertiary/aromatic N) is 2. The van der Waals surface area contributed by atoms with Gasteiger partial charge in [-0.05, 0) is 41.0 Å². The van der Waals surface area contributed by atoms with Gasteiger partial charge in [0.15, 0.2) is 4.67 Å². The van der Waals surface area contributed by atoms with E-state index in [1.165, 1.54) is 0 Å². The van der Waals surface area contributed by atoms with Gasteiger partial charge in [0.1, 0.15) is 5.76 Å². The summed E-state index contributed by atoms with van der Waals surface area (Å²) < 4.78 is 8.27. The Morgan fingerprint density at radius 1 is 1.45 bits per heavy atom. The molecule has 110 valence electrons. The van der Waals surface area contributed by atoms with Crippen LogP contribution in [0, 0.1) is 0 Å². The van der Waals surface area contributed by atoms with Gasteiger partial charge in [-0.2, -0.15) is 5.10 Å². The van der Waals surface area contributed by atoms with Crippen molar-refractivity contribution in [3.05, 3.63) is 39.0 Å². The van der Waals surface area contributed by atoms with E-state index in [0.29, 0.717) is 0 Å². The van der Waals surface area contributed by atoms with E-state index in [1.807, 2.05) is 23.9 Å². The summed E-state index contributed by atoms with van der Waals surface area (Å²) in [6.07, 6.45) is 1.58. The van der Waals surface area contributed by atoms with Crippen LogP contribution < -0.4 is 5.32 Å². The fourth-order valence-corrected chi connectivity index (χ4v) is 2.96. The first-order valence-electron chi connectivity index (χ1n) is 6.75. The van der Waals surface area contributed by atoms with Crippen LogP contribution in [0.2, 0.25) is 5.02 Å². The summed E-state index contributed by atoms with van der Waals surface area (Å²) in [4.78, 5) is 0. The van der Waals surface area contributed by atoms with Gasteiger partial charge in [0.2, 0.25) is 0 Å². The van der Waals surface area contributed by atoms with Gasteiger partial charge in [-0.1, -0.05) is 25.4 Å². The van der Waals surface area contributed by atoms with Crippen molar-refractivity contribution in [3.8, 4) is 0 Å². The van der Waals surface area contributed by atoms with E-state index in [2.05, 4.69) is 40.2 Å². The van der Waals surface area contributed by atoms with Crippen molar-refractivity contribution in [2.24, 2.45) is 7.05 Å². The molecule has 0 aliphatic carbocycles. The van der Waals surface area contributed by atoms with E-state index in [4.69, 9.17) is 16.0 Å². The number of furan rings is 1. The lowest BCUT2D eigenvalue weighted by Crippen LogP contribution is -2.23. The molecule has 6 heteroatoms. The Hall–Kier alpha value is -0.780. The summed E-state index contributed by atoms with van der Waals surface area (Å²) in [5.74, 6) is 0.897. The molecule has 0 aliphatic heterocycles. The third-order valence-corrected chi connectivity index (χ3v) is 4.15. The van der Waals surface area contributed by atoms with Crippen molar-refractivity contribution in [2.75, 3.05) is 6.54 Å². The molecule has 2 rings (SSSR count). The Labute approximate surface area is 132 Å². The van der Waals surface area contributed by atoms with Crippen LogP contribution in [0.3, 0.4) is 0 Å². The van der Waals surface area contributed by atoms with Crippen LogP contribution >= 0.6 is 27.5 Å². The summed E-state index contributed by atoms with van der Waals surface area (Å²) in [6, 6.07) is 3.97. The Morgan fingerprint density at radius 2 is 2.20 bits per heavy atom. The molecule has 0 aromatic carbocycles. The quantitative estimate of drug-likeness (QED) is 0.850. The number of hydrogen-bond donors (Lipinski definition) is 1. The lowest BCUT2D eigenvalue weighted by Gasteiger charge is -2.16. The molecule has 0 spiro atoms. The molecular formula is C14H19BrClN3O. The van der Waals surface area contributed by atoms with Gasteiger partial charge >= 0.3 is 0 Å². The van der Waals surface area contributed by atoms with E-state index in [1.54, 1.807) is 0 Å². The SMILES string of the molecule is CCNC(Cc1c(Cl)c(CC)nn1C)c1ccc(Br)o1. The highest BCUT2D eigenvalue weighted by Gasteiger charge is 2.21. The maximum absolute atomic E-state index is 6.42. The van der Waals surface area contributed by atoms with Crippen LogP contribution in [0.5, 0.6) is 0 Å². The molecule has 0 aliphatic rings. The summed E-state index contributed by atoms with van der Waals surface area (Å²) in [5, 5.41) is 8.65. The molecule has 0 radical (unpaired) electrons. The van der Waals surface area contributed by atoms with Crippen LogP contribution in [-0.2, 0) is 19.9 Å². The van der Waals surface area contributed by atoms with Gasteiger partial charge in [-0.3, -0.25) is 4.68 Å². The molecule has 2 aromatic heterocycles. The molecule has 0 bridgehead atoms. The van der Waals surface area contributed by atoms with Crippen molar-refractivity contribution >= 4 is 27.5 Å². The Balaban J connectivity index is 2.26. The molecule has 0 amide bonds. The summed E-state index contributed by atoms with van der Waals surface area (Å²) >= 11 is 9.76. The summed E-state index contributed by atoms with van der Waals surface area (Å²) in [5.41, 5.74) is 1.97. The average molecular weight is 361 g/mol. The van der Waals surface area contributed by atoms with E-state index in [-0.39, 0.29) is 6.04 Å². The minimum Gasteiger partial charge on any atom is -0.453 e. The average Bonchev–Trinajstić information content (AvgIpc) is 2.96. The minimum atomic E-state index is 0.0870. The zero-order valence-electron chi connectivity index (χ0n) is 11.9. The number of likely N-dealkylation sites (N-methyl/N-ethyl adjacent to an activating group) is 1. The van der Waals surface area contributed by atoms with E-state index < -0.39 is 0 Å². The minimum absolute atomic E-state index is 0.0870. The first-order valence-corrected chi connectivity index (χ1v) is 7.92. The van der Waals surface area contributed by atoms with Crippen molar-refractivity contribution in [3.63, 3.8) is 0 Å². The Kier molecular flexibility index (Phi) is 5.29. The number of rotatable bonds is 6. The standard InChI is InChI=1S/C14H19BrClN3O/c1-4-9-14(16)11(19(3)18-9)8-10(17-5-2)12-6-7-13(15)20-12/h6-7,10,17H,4-5,8H2,1-3H3. The second-order valence-electron chi connectivity index (χ2n) is 4.64. The lowest BCUT2D eigenvalue weighted by atomic mass is 10.1. The third kappa shape index (κ3) is 3.27. The molecule has 1 atom stereocenters. The normalized spacial score (nSPS) is 12.8. The predicted octanol–water partition coefficient (Wildman–Crippen LogP) is 3.88. The summed E-state index contributed by atoms with van der Waals surface area (Å²) in [6.45, 7) is 5.00. The maximum atomic E-state index is 6.42. The first kappa shape index (κ1) is 15.6. The van der Waals surface area contributed by atoms with Crippen molar-refractivity contribution in [1.29, 1.82) is 0 Å². The fraction of sp³-hybridized carbons (Fsp3) is 0.500. The molecule has 0 fully saturated rings. The topological polar surface area (TPSA) is 43.0 Å². The number of halogens is 2. The first-order chi connectivity index (χ1) is 9.56. The second kappa shape index (κ2) is 6.78. The van der Waals surface area contributed by atoms with Crippen molar-refractivity contribution < 1.29 is 4.42 Å². The molecule has 0 saturated heterocycles. The van der Waals surface area contributed by atoms with Gasteiger partial charge in [0, 0.05) is 13.5 Å². The molecule has 2 heterocycles. The fourth-order valence-electron chi connectivity index (χ4n) is 2.27. The van der Waals surface area contributed by atoms with Gasteiger partial charge in [-0.25, -0.2) is 0 Å². The molecular weight excluding hydrogens is 342 g/mol. The second-order valence-corrected chi connectivity index (χ2v) is 5.80. The third-order valence-electron chi connectivity index (χ3n) is 3.29. The largest absolute Gasteiger partial charge is 0.453 e. The highest BCUT2D eigenvalue weighted by Crippen LogP contribution is 2.28. The number of nitrogens with one attached hydrogen (secondary N) is 1. The van der Waals surface area contributed by atoms with Crippen LogP contribution in [-0.4, -0.2) is 16.3 Å². The summed E-state index contributed by atoms with van der Waals surface area (Å²) in [7, 11) is 1.93. The molecule has 4 nitrogen and oxygen atoms in total. The maximum Gasteiger partial charge on any atom is 0.169 e. The zero-order valence-corrected chi connectivity index (χ0v) is 14.3. The Morgan fingerprint density at radius 3 is 2.70 bits per heavy atom. The van der Waals surface area contributed by atoms with Crippen molar-refractivity contribution in [2.45, 2.75) is 32.7 Å². The van der Waals surface area contributed by atoms with E-state index >= 15 is 0 Å². The molecule has 2 aromatic rings. The van der Waals surface area contributed by atoms with Crippen molar-refractivity contribution in [1.82, 2.24) is 15.1 Å². The number of aryl methyl sites for hydroxylation is 2. The van der Waals surface area contributed by atoms with Crippen LogP contribution in [0.25, 0.3) is 0 Å². The van der Waals surface area contributed by atoms with Crippen LogP contribution in [0.4, 0.5) is 0 Å². The van der Waals surface area contributed by atoms with E-state index in [9.17, 15) is 0 Å². The van der Waals surface area contributed by atoms with E-state index in [0.717, 1.165) is 46.2 Å². The molecule has 1 unspecified atom stereocenters. The highest BCUT2D eigenvalue weighted by molar-refractivity contribution is 9.10. The molecule has 20 heavy (non-hydrogen) atoms. The monoisotopic (exact) mass is 359 g/mol. The number of aromatic nitrogens is 2. The van der Waals surface area contributed by atoms with Gasteiger partial charge in [0.05, 0.1) is 22.5 Å². The smallest absolute Gasteiger partial charge is 0.169 e. The van der Waals surface area contributed by atoms with Gasteiger partial charge in [-0.15, -0.1) is 0 Å². The zero-order chi connectivity index (χ0) is 14.7. The predicted molar refractivity (Wildman–Crippen MR) is 84.1 cm³/mol. The van der Waals surface area contributed by atoms with Crippen LogP contribution in [0.15, 0.2) is 21.2 Å². The molecule has 0 saturated carbocycles. The number of hydrogen-bond acceptors (Lipinski definition) is 3. The van der Waals surface area contributed by atoms with Gasteiger partial charge in [0.25, 0.3) is 0 Å². The highest BCUT2D eigenvalue weighted by atomic mass is 79.9.